The lowest BCUT2D eigenvalue weighted by molar-refractivity contribution is -0.109. The molecule has 2 aromatic carbocycles. The first-order chi connectivity index (χ1) is 7.77. The molecule has 0 fully saturated rings. The quantitative estimate of drug-likeness (QED) is 0.726. The zero-order chi connectivity index (χ0) is 11.5. The Morgan fingerprint density at radius 2 is 2.00 bits per heavy atom. The van der Waals surface area contributed by atoms with Crippen LogP contribution in [0.25, 0.3) is 10.8 Å². The van der Waals surface area contributed by atoms with E-state index in [2.05, 4.69) is 0 Å². The maximum Gasteiger partial charge on any atom is 0.127 e. The van der Waals surface area contributed by atoms with E-state index in [0.29, 0.717) is 5.02 Å². The minimum atomic E-state index is -0.0999. The third-order valence-corrected chi connectivity index (χ3v) is 3.32. The molecule has 0 amide bonds. The number of hydrogen-bond acceptors (Lipinski definition) is 1. The van der Waals surface area contributed by atoms with Crippen LogP contribution in [-0.4, -0.2) is 6.29 Å². The van der Waals surface area contributed by atoms with Gasteiger partial charge in [-0.2, -0.15) is 0 Å². The summed E-state index contributed by atoms with van der Waals surface area (Å²) in [7, 11) is 0. The highest BCUT2D eigenvalue weighted by Crippen LogP contribution is 2.32. The van der Waals surface area contributed by atoms with E-state index in [4.69, 9.17) is 11.6 Å². The molecule has 0 spiro atoms. The Kier molecular flexibility index (Phi) is 3.25. The van der Waals surface area contributed by atoms with Crippen molar-refractivity contribution in [2.24, 2.45) is 0 Å². The summed E-state index contributed by atoms with van der Waals surface area (Å²) in [5.74, 6) is -0.0999. The van der Waals surface area contributed by atoms with E-state index in [9.17, 15) is 4.79 Å². The Morgan fingerprint density at radius 3 is 2.69 bits per heavy atom. The Hall–Kier alpha value is -1.34. The van der Waals surface area contributed by atoms with Crippen LogP contribution in [0, 0.1) is 0 Å². The summed E-state index contributed by atoms with van der Waals surface area (Å²) in [6, 6.07) is 11.9. The average molecular weight is 233 g/mol. The van der Waals surface area contributed by atoms with Crippen molar-refractivity contribution in [2.45, 2.75) is 19.3 Å². The second-order valence-electron chi connectivity index (χ2n) is 3.84. The zero-order valence-electron chi connectivity index (χ0n) is 9.11. The van der Waals surface area contributed by atoms with Crippen LogP contribution in [0.1, 0.15) is 24.8 Å². The van der Waals surface area contributed by atoms with Crippen LogP contribution in [0.2, 0.25) is 5.02 Å². The predicted molar refractivity (Wildman–Crippen MR) is 68.1 cm³/mol. The van der Waals surface area contributed by atoms with E-state index in [-0.39, 0.29) is 5.92 Å². The molecule has 2 aromatic rings. The van der Waals surface area contributed by atoms with Gasteiger partial charge in [0.25, 0.3) is 0 Å². The van der Waals surface area contributed by atoms with Crippen molar-refractivity contribution >= 4 is 28.7 Å². The zero-order valence-corrected chi connectivity index (χ0v) is 9.87. The van der Waals surface area contributed by atoms with Gasteiger partial charge in [-0.25, -0.2) is 0 Å². The van der Waals surface area contributed by atoms with Crippen molar-refractivity contribution in [3.05, 3.63) is 47.0 Å². The molecule has 0 bridgehead atoms. The SMILES string of the molecule is CCC(C=O)c1ccc2ccccc2c1Cl. The second kappa shape index (κ2) is 4.67. The fraction of sp³-hybridized carbons (Fsp3) is 0.214. The first kappa shape index (κ1) is 11.2. The molecule has 1 unspecified atom stereocenters. The van der Waals surface area contributed by atoms with Crippen LogP contribution in [-0.2, 0) is 4.79 Å². The summed E-state index contributed by atoms with van der Waals surface area (Å²) >= 11 is 6.33. The molecule has 0 saturated heterocycles. The number of halogens is 1. The summed E-state index contributed by atoms with van der Waals surface area (Å²) < 4.78 is 0. The molecule has 0 aliphatic rings. The second-order valence-corrected chi connectivity index (χ2v) is 4.22. The highest BCUT2D eigenvalue weighted by atomic mass is 35.5. The van der Waals surface area contributed by atoms with Gasteiger partial charge in [0.15, 0.2) is 0 Å². The highest BCUT2D eigenvalue weighted by molar-refractivity contribution is 6.36. The summed E-state index contributed by atoms with van der Waals surface area (Å²) in [6.07, 6.45) is 1.75. The van der Waals surface area contributed by atoms with Gasteiger partial charge in [-0.1, -0.05) is 54.9 Å². The van der Waals surface area contributed by atoms with Gasteiger partial charge < -0.3 is 4.79 Å². The molecule has 0 aliphatic carbocycles. The molecule has 0 heterocycles. The Labute approximate surface area is 100 Å². The van der Waals surface area contributed by atoms with Crippen molar-refractivity contribution in [3.8, 4) is 0 Å². The molecule has 2 heteroatoms. The van der Waals surface area contributed by atoms with E-state index in [0.717, 1.165) is 29.0 Å². The monoisotopic (exact) mass is 232 g/mol. The topological polar surface area (TPSA) is 17.1 Å². The molecule has 2 rings (SSSR count). The summed E-state index contributed by atoms with van der Waals surface area (Å²) in [4.78, 5) is 11.0. The lowest BCUT2D eigenvalue weighted by atomic mass is 9.95. The number of carbonyl (C=O) groups is 1. The molecule has 0 N–H and O–H groups in total. The number of carbonyl (C=O) groups excluding carboxylic acids is 1. The van der Waals surface area contributed by atoms with E-state index in [1.807, 2.05) is 43.3 Å². The van der Waals surface area contributed by atoms with Crippen molar-refractivity contribution in [1.82, 2.24) is 0 Å². The molecular weight excluding hydrogens is 220 g/mol. The molecular formula is C14H13ClO. The Morgan fingerprint density at radius 1 is 1.25 bits per heavy atom. The maximum atomic E-state index is 11.0. The first-order valence-electron chi connectivity index (χ1n) is 5.40. The number of rotatable bonds is 3. The Balaban J connectivity index is 2.64. The lowest BCUT2D eigenvalue weighted by Crippen LogP contribution is -1.99. The van der Waals surface area contributed by atoms with Crippen LogP contribution in [0.15, 0.2) is 36.4 Å². The number of fused-ring (bicyclic) bond motifs is 1. The van der Waals surface area contributed by atoms with Gasteiger partial charge in [-0.05, 0) is 17.4 Å². The van der Waals surface area contributed by atoms with Gasteiger partial charge in [0, 0.05) is 11.3 Å². The normalized spacial score (nSPS) is 12.6. The van der Waals surface area contributed by atoms with Crippen molar-refractivity contribution in [1.29, 1.82) is 0 Å². The minimum absolute atomic E-state index is 0.0999. The van der Waals surface area contributed by atoms with Gasteiger partial charge in [-0.3, -0.25) is 0 Å². The fourth-order valence-corrected chi connectivity index (χ4v) is 2.30. The number of benzene rings is 2. The van der Waals surface area contributed by atoms with Crippen molar-refractivity contribution in [2.75, 3.05) is 0 Å². The van der Waals surface area contributed by atoms with E-state index in [1.165, 1.54) is 0 Å². The highest BCUT2D eigenvalue weighted by Gasteiger charge is 2.13. The lowest BCUT2D eigenvalue weighted by Gasteiger charge is -2.12. The molecule has 0 saturated carbocycles. The average Bonchev–Trinajstić information content (AvgIpc) is 2.34. The largest absolute Gasteiger partial charge is 0.303 e. The van der Waals surface area contributed by atoms with Crippen LogP contribution in [0.4, 0.5) is 0 Å². The maximum absolute atomic E-state index is 11.0. The predicted octanol–water partition coefficient (Wildman–Crippen LogP) is 4.19. The molecule has 0 aliphatic heterocycles. The summed E-state index contributed by atoms with van der Waals surface area (Å²) in [6.45, 7) is 1.99. The summed E-state index contributed by atoms with van der Waals surface area (Å²) in [5.41, 5.74) is 0.929. The van der Waals surface area contributed by atoms with Crippen molar-refractivity contribution in [3.63, 3.8) is 0 Å². The van der Waals surface area contributed by atoms with E-state index >= 15 is 0 Å². The smallest absolute Gasteiger partial charge is 0.127 e. The third-order valence-electron chi connectivity index (χ3n) is 2.90. The molecule has 1 nitrogen and oxygen atoms in total. The molecule has 0 aromatic heterocycles. The van der Waals surface area contributed by atoms with E-state index < -0.39 is 0 Å². The van der Waals surface area contributed by atoms with Gasteiger partial charge in [0.05, 0.1) is 5.02 Å². The summed E-state index contributed by atoms with van der Waals surface area (Å²) in [5, 5.41) is 2.83. The van der Waals surface area contributed by atoms with Crippen LogP contribution in [0.3, 0.4) is 0 Å². The fourth-order valence-electron chi connectivity index (χ4n) is 1.93. The van der Waals surface area contributed by atoms with Gasteiger partial charge in [0.2, 0.25) is 0 Å². The van der Waals surface area contributed by atoms with Gasteiger partial charge >= 0.3 is 0 Å². The molecule has 0 radical (unpaired) electrons. The molecule has 1 atom stereocenters. The number of hydrogen-bond donors (Lipinski definition) is 0. The number of aldehydes is 1. The molecule has 82 valence electrons. The Bertz CT molecular complexity index is 519. The first-order valence-corrected chi connectivity index (χ1v) is 5.78. The van der Waals surface area contributed by atoms with E-state index in [1.54, 1.807) is 0 Å². The molecule has 16 heavy (non-hydrogen) atoms. The van der Waals surface area contributed by atoms with Gasteiger partial charge in [-0.15, -0.1) is 0 Å². The van der Waals surface area contributed by atoms with Crippen molar-refractivity contribution < 1.29 is 4.79 Å². The third kappa shape index (κ3) is 1.83. The standard InChI is InChI=1S/C14H13ClO/c1-2-10(9-16)13-8-7-11-5-3-4-6-12(11)14(13)15/h3-10H,2H2,1H3. The van der Waals surface area contributed by atoms with Crippen LogP contribution in [0.5, 0.6) is 0 Å². The van der Waals surface area contributed by atoms with Gasteiger partial charge in [0.1, 0.15) is 6.29 Å². The minimum Gasteiger partial charge on any atom is -0.303 e. The van der Waals surface area contributed by atoms with Crippen LogP contribution >= 0.6 is 11.6 Å². The van der Waals surface area contributed by atoms with Crippen LogP contribution < -0.4 is 0 Å².